The molecule has 0 spiro atoms. The van der Waals surface area contributed by atoms with Crippen molar-refractivity contribution in [3.05, 3.63) is 30.9 Å². The summed E-state index contributed by atoms with van der Waals surface area (Å²) >= 11 is 0. The maximum absolute atomic E-state index is 11.5. The summed E-state index contributed by atoms with van der Waals surface area (Å²) in [7, 11) is -2.14. The first-order valence-electron chi connectivity index (χ1n) is 4.69. The van der Waals surface area contributed by atoms with Crippen molar-refractivity contribution in [2.45, 2.75) is 4.90 Å². The van der Waals surface area contributed by atoms with E-state index in [0.717, 1.165) is 5.69 Å². The van der Waals surface area contributed by atoms with E-state index in [-0.39, 0.29) is 10.6 Å². The second-order valence-corrected chi connectivity index (χ2v) is 4.98. The van der Waals surface area contributed by atoms with Crippen LogP contribution in [0.3, 0.4) is 0 Å². The van der Waals surface area contributed by atoms with Gasteiger partial charge in [0.05, 0.1) is 5.69 Å². The molecule has 4 N–H and O–H groups in total. The molecule has 88 valence electrons. The molecule has 0 unspecified atom stereocenters. The SMILES string of the molecule is C=CCNc1ccc(S(=O)(=O)NC)c(N)c1. The molecule has 0 aliphatic rings. The third kappa shape index (κ3) is 2.74. The Bertz CT molecular complexity index is 483. The summed E-state index contributed by atoms with van der Waals surface area (Å²) in [5.74, 6) is 0. The van der Waals surface area contributed by atoms with Crippen LogP contribution in [0.1, 0.15) is 0 Å². The first-order valence-corrected chi connectivity index (χ1v) is 6.17. The average Bonchev–Trinajstić information content (AvgIpc) is 2.26. The minimum atomic E-state index is -3.49. The third-order valence-electron chi connectivity index (χ3n) is 2.02. The van der Waals surface area contributed by atoms with Crippen molar-refractivity contribution in [3.63, 3.8) is 0 Å². The van der Waals surface area contributed by atoms with Gasteiger partial charge in [-0.1, -0.05) is 6.08 Å². The van der Waals surface area contributed by atoms with E-state index in [2.05, 4.69) is 16.6 Å². The van der Waals surface area contributed by atoms with E-state index < -0.39 is 10.0 Å². The molecule has 1 aromatic carbocycles. The van der Waals surface area contributed by atoms with E-state index in [4.69, 9.17) is 5.73 Å². The molecule has 0 fully saturated rings. The van der Waals surface area contributed by atoms with Gasteiger partial charge in [0, 0.05) is 12.2 Å². The number of benzene rings is 1. The van der Waals surface area contributed by atoms with Gasteiger partial charge in [0.25, 0.3) is 0 Å². The number of hydrogen-bond donors (Lipinski definition) is 3. The molecule has 0 bridgehead atoms. The van der Waals surface area contributed by atoms with Crippen LogP contribution >= 0.6 is 0 Å². The molecule has 0 aromatic heterocycles. The minimum Gasteiger partial charge on any atom is -0.398 e. The maximum atomic E-state index is 11.5. The van der Waals surface area contributed by atoms with Gasteiger partial charge in [-0.05, 0) is 25.2 Å². The second-order valence-electron chi connectivity index (χ2n) is 3.13. The van der Waals surface area contributed by atoms with Crippen LogP contribution in [-0.2, 0) is 10.0 Å². The van der Waals surface area contributed by atoms with Crippen LogP contribution in [0.15, 0.2) is 35.7 Å². The summed E-state index contributed by atoms with van der Waals surface area (Å²) in [6, 6.07) is 4.70. The van der Waals surface area contributed by atoms with Crippen LogP contribution < -0.4 is 15.8 Å². The zero-order valence-electron chi connectivity index (χ0n) is 9.03. The van der Waals surface area contributed by atoms with Crippen molar-refractivity contribution >= 4 is 21.4 Å². The highest BCUT2D eigenvalue weighted by Gasteiger charge is 2.14. The number of rotatable bonds is 5. The van der Waals surface area contributed by atoms with E-state index in [1.165, 1.54) is 13.1 Å². The molecule has 0 aliphatic carbocycles. The predicted molar refractivity (Wildman–Crippen MR) is 65.8 cm³/mol. The van der Waals surface area contributed by atoms with Gasteiger partial charge in [-0.15, -0.1) is 6.58 Å². The van der Waals surface area contributed by atoms with Crippen molar-refractivity contribution < 1.29 is 8.42 Å². The van der Waals surface area contributed by atoms with Crippen molar-refractivity contribution in [1.29, 1.82) is 0 Å². The Morgan fingerprint density at radius 1 is 1.50 bits per heavy atom. The molecule has 0 saturated heterocycles. The normalized spacial score (nSPS) is 11.1. The molecule has 0 saturated carbocycles. The summed E-state index contributed by atoms with van der Waals surface area (Å²) in [6.45, 7) is 4.16. The standard InChI is InChI=1S/C10H15N3O2S/c1-3-6-13-8-4-5-10(9(11)7-8)16(14,15)12-2/h3-5,7,12-13H,1,6,11H2,2H3. The molecule has 0 radical (unpaired) electrons. The lowest BCUT2D eigenvalue weighted by molar-refractivity contribution is 0.588. The predicted octanol–water partition coefficient (Wildman–Crippen LogP) is 0.775. The topological polar surface area (TPSA) is 84.2 Å². The third-order valence-corrected chi connectivity index (χ3v) is 3.51. The fourth-order valence-corrected chi connectivity index (χ4v) is 2.04. The van der Waals surface area contributed by atoms with E-state index in [1.54, 1.807) is 18.2 Å². The number of nitrogens with two attached hydrogens (primary N) is 1. The highest BCUT2D eigenvalue weighted by molar-refractivity contribution is 7.89. The van der Waals surface area contributed by atoms with Gasteiger partial charge in [0.15, 0.2) is 0 Å². The summed E-state index contributed by atoms with van der Waals surface area (Å²) in [5, 5.41) is 3.02. The minimum absolute atomic E-state index is 0.0825. The lowest BCUT2D eigenvalue weighted by Gasteiger charge is -2.09. The largest absolute Gasteiger partial charge is 0.398 e. The monoisotopic (exact) mass is 241 g/mol. The van der Waals surface area contributed by atoms with Gasteiger partial charge >= 0.3 is 0 Å². The van der Waals surface area contributed by atoms with E-state index in [1.807, 2.05) is 0 Å². The Hall–Kier alpha value is -1.53. The Labute approximate surface area is 95.4 Å². The Morgan fingerprint density at radius 2 is 2.19 bits per heavy atom. The number of hydrogen-bond acceptors (Lipinski definition) is 4. The lowest BCUT2D eigenvalue weighted by Crippen LogP contribution is -2.20. The first-order chi connectivity index (χ1) is 7.51. The maximum Gasteiger partial charge on any atom is 0.242 e. The molecule has 6 heteroatoms. The molecule has 5 nitrogen and oxygen atoms in total. The van der Waals surface area contributed by atoms with Crippen LogP contribution in [0, 0.1) is 0 Å². The lowest BCUT2D eigenvalue weighted by atomic mass is 10.3. The van der Waals surface area contributed by atoms with Gasteiger partial charge in [0.1, 0.15) is 4.90 Å². The quantitative estimate of drug-likeness (QED) is 0.525. The van der Waals surface area contributed by atoms with Crippen molar-refractivity contribution in [1.82, 2.24) is 4.72 Å². The van der Waals surface area contributed by atoms with Gasteiger partial charge in [-0.25, -0.2) is 13.1 Å². The van der Waals surface area contributed by atoms with Crippen LogP contribution in [0.2, 0.25) is 0 Å². The van der Waals surface area contributed by atoms with Crippen molar-refractivity contribution in [3.8, 4) is 0 Å². The molecular formula is C10H15N3O2S. The van der Waals surface area contributed by atoms with Gasteiger partial charge in [0.2, 0.25) is 10.0 Å². The van der Waals surface area contributed by atoms with E-state index >= 15 is 0 Å². The molecule has 16 heavy (non-hydrogen) atoms. The summed E-state index contributed by atoms with van der Waals surface area (Å²) in [4.78, 5) is 0.0825. The summed E-state index contributed by atoms with van der Waals surface area (Å²) < 4.78 is 25.3. The van der Waals surface area contributed by atoms with Crippen molar-refractivity contribution in [2.24, 2.45) is 0 Å². The van der Waals surface area contributed by atoms with Crippen LogP contribution in [0.5, 0.6) is 0 Å². The highest BCUT2D eigenvalue weighted by Crippen LogP contribution is 2.21. The fraction of sp³-hybridized carbons (Fsp3) is 0.200. The molecule has 0 heterocycles. The Morgan fingerprint density at radius 3 is 2.69 bits per heavy atom. The van der Waals surface area contributed by atoms with Gasteiger partial charge in [-0.2, -0.15) is 0 Å². The Kier molecular flexibility index (Phi) is 3.92. The molecule has 0 aliphatic heterocycles. The van der Waals surface area contributed by atoms with Gasteiger partial charge < -0.3 is 11.1 Å². The molecule has 0 atom stereocenters. The smallest absolute Gasteiger partial charge is 0.242 e. The number of anilines is 2. The van der Waals surface area contributed by atoms with Crippen LogP contribution in [0.25, 0.3) is 0 Å². The summed E-state index contributed by atoms with van der Waals surface area (Å²) in [5.41, 5.74) is 6.64. The number of nitrogen functional groups attached to an aromatic ring is 1. The second kappa shape index (κ2) is 5.00. The summed E-state index contributed by atoms with van der Waals surface area (Å²) in [6.07, 6.45) is 1.70. The molecule has 0 amide bonds. The highest BCUT2D eigenvalue weighted by atomic mass is 32.2. The molecule has 1 aromatic rings. The zero-order valence-corrected chi connectivity index (χ0v) is 9.84. The first kappa shape index (κ1) is 12.5. The zero-order chi connectivity index (χ0) is 12.2. The number of sulfonamides is 1. The molecule has 1 rings (SSSR count). The van der Waals surface area contributed by atoms with Crippen molar-refractivity contribution in [2.75, 3.05) is 24.6 Å². The Balaban J connectivity index is 3.05. The average molecular weight is 241 g/mol. The fourth-order valence-electron chi connectivity index (χ4n) is 1.20. The van der Waals surface area contributed by atoms with Gasteiger partial charge in [-0.3, -0.25) is 0 Å². The number of nitrogens with one attached hydrogen (secondary N) is 2. The van der Waals surface area contributed by atoms with Crippen LogP contribution in [-0.4, -0.2) is 22.0 Å². The van der Waals surface area contributed by atoms with Crippen LogP contribution in [0.4, 0.5) is 11.4 Å². The molecular weight excluding hydrogens is 226 g/mol. The van der Waals surface area contributed by atoms with E-state index in [0.29, 0.717) is 6.54 Å². The van der Waals surface area contributed by atoms with E-state index in [9.17, 15) is 8.42 Å².